The molecule has 0 saturated heterocycles. The van der Waals surface area contributed by atoms with Crippen molar-refractivity contribution < 1.29 is 9.90 Å². The number of hydrogen-bond donors (Lipinski definition) is 1. The maximum Gasteiger partial charge on any atom is 0.309 e. The molecule has 0 unspecified atom stereocenters. The van der Waals surface area contributed by atoms with Gasteiger partial charge < -0.3 is 5.11 Å². The van der Waals surface area contributed by atoms with Crippen molar-refractivity contribution in [2.75, 3.05) is 0 Å². The van der Waals surface area contributed by atoms with Crippen LogP contribution in [0.5, 0.6) is 0 Å². The van der Waals surface area contributed by atoms with Gasteiger partial charge in [-0.25, -0.2) is 4.98 Å². The number of carboxylic acid groups (broad SMARTS) is 1. The zero-order valence-corrected chi connectivity index (χ0v) is 13.8. The first-order valence-corrected chi connectivity index (χ1v) is 7.95. The summed E-state index contributed by atoms with van der Waals surface area (Å²) in [5, 5.41) is 10.2. The molecule has 1 aliphatic carbocycles. The Balaban J connectivity index is 2.13. The van der Waals surface area contributed by atoms with Gasteiger partial charge in [0.1, 0.15) is 5.15 Å². The highest BCUT2D eigenvalue weighted by molar-refractivity contribution is 6.29. The van der Waals surface area contributed by atoms with Crippen LogP contribution in [0.15, 0.2) is 18.3 Å². The van der Waals surface area contributed by atoms with E-state index in [0.717, 1.165) is 31.2 Å². The lowest BCUT2D eigenvalue weighted by molar-refractivity contribution is -0.152. The molecule has 1 N–H and O–H groups in total. The molecule has 3 nitrogen and oxygen atoms in total. The Morgan fingerprint density at radius 3 is 2.43 bits per heavy atom. The van der Waals surface area contributed by atoms with Gasteiger partial charge in [0.25, 0.3) is 0 Å². The largest absolute Gasteiger partial charge is 0.481 e. The molecule has 1 saturated carbocycles. The summed E-state index contributed by atoms with van der Waals surface area (Å²) in [7, 11) is 0. The molecule has 0 atom stereocenters. The summed E-state index contributed by atoms with van der Waals surface area (Å²) in [4.78, 5) is 15.9. The quantitative estimate of drug-likeness (QED) is 0.831. The van der Waals surface area contributed by atoms with E-state index in [-0.39, 0.29) is 5.41 Å². The van der Waals surface area contributed by atoms with Crippen LogP contribution in [-0.4, -0.2) is 16.1 Å². The number of pyridine rings is 1. The van der Waals surface area contributed by atoms with E-state index in [9.17, 15) is 9.90 Å². The van der Waals surface area contributed by atoms with Gasteiger partial charge in [-0.3, -0.25) is 4.79 Å². The van der Waals surface area contributed by atoms with Crippen LogP contribution in [0, 0.1) is 16.7 Å². The number of rotatable bonds is 3. The normalized spacial score (nSPS) is 26.6. The molecule has 21 heavy (non-hydrogen) atoms. The van der Waals surface area contributed by atoms with Crippen LogP contribution < -0.4 is 0 Å². The second-order valence-electron chi connectivity index (χ2n) is 7.39. The predicted octanol–water partition coefficient (Wildman–Crippen LogP) is 4.58. The van der Waals surface area contributed by atoms with E-state index in [1.807, 2.05) is 6.07 Å². The van der Waals surface area contributed by atoms with E-state index in [1.54, 1.807) is 12.3 Å². The minimum Gasteiger partial charge on any atom is -0.481 e. The van der Waals surface area contributed by atoms with Crippen molar-refractivity contribution in [3.8, 4) is 0 Å². The number of aromatic nitrogens is 1. The van der Waals surface area contributed by atoms with Gasteiger partial charge >= 0.3 is 5.97 Å². The summed E-state index contributed by atoms with van der Waals surface area (Å²) in [5.74, 6) is -0.0712. The van der Waals surface area contributed by atoms with E-state index in [2.05, 4.69) is 25.8 Å². The smallest absolute Gasteiger partial charge is 0.309 e. The standard InChI is InChI=1S/C17H24ClNO2/c1-16(2,3)13-6-8-17(9-7-13,15(20)21)10-12-4-5-14(18)19-11-12/h4-5,11,13H,6-10H2,1-3H3,(H,20,21). The summed E-state index contributed by atoms with van der Waals surface area (Å²) < 4.78 is 0. The second-order valence-corrected chi connectivity index (χ2v) is 7.78. The van der Waals surface area contributed by atoms with E-state index >= 15 is 0 Å². The van der Waals surface area contributed by atoms with Gasteiger partial charge in [-0.15, -0.1) is 0 Å². The highest BCUT2D eigenvalue weighted by Crippen LogP contribution is 2.47. The molecule has 1 aromatic heterocycles. The molecule has 0 spiro atoms. The molecule has 0 bridgehead atoms. The summed E-state index contributed by atoms with van der Waals surface area (Å²) in [6, 6.07) is 3.61. The molecule has 1 aromatic rings. The SMILES string of the molecule is CC(C)(C)C1CCC(Cc2ccc(Cl)nc2)(C(=O)O)CC1. The Kier molecular flexibility index (Phi) is 4.62. The van der Waals surface area contributed by atoms with Gasteiger partial charge in [0.15, 0.2) is 0 Å². The lowest BCUT2D eigenvalue weighted by Gasteiger charge is -2.41. The van der Waals surface area contributed by atoms with Crippen LogP contribution in [0.3, 0.4) is 0 Å². The lowest BCUT2D eigenvalue weighted by atomic mass is 9.62. The van der Waals surface area contributed by atoms with E-state index in [1.165, 1.54) is 0 Å². The Bertz CT molecular complexity index is 497. The van der Waals surface area contributed by atoms with E-state index < -0.39 is 11.4 Å². The average molecular weight is 310 g/mol. The fourth-order valence-corrected chi connectivity index (χ4v) is 3.52. The third kappa shape index (κ3) is 3.76. The Hall–Kier alpha value is -1.09. The van der Waals surface area contributed by atoms with Gasteiger partial charge in [-0.1, -0.05) is 38.4 Å². The summed E-state index contributed by atoms with van der Waals surface area (Å²) in [6.45, 7) is 6.73. The van der Waals surface area contributed by atoms with Crippen LogP contribution in [0.2, 0.25) is 5.15 Å². The number of carboxylic acids is 1. The number of carbonyl (C=O) groups is 1. The maximum absolute atomic E-state index is 11.9. The van der Waals surface area contributed by atoms with E-state index in [0.29, 0.717) is 17.5 Å². The van der Waals surface area contributed by atoms with Crippen molar-refractivity contribution in [2.45, 2.75) is 52.9 Å². The van der Waals surface area contributed by atoms with Crippen LogP contribution in [0.25, 0.3) is 0 Å². The number of aliphatic carboxylic acids is 1. The zero-order chi connectivity index (χ0) is 15.7. The molecule has 2 rings (SSSR count). The highest BCUT2D eigenvalue weighted by Gasteiger charge is 2.44. The van der Waals surface area contributed by atoms with Gasteiger partial charge in [0.05, 0.1) is 5.41 Å². The first kappa shape index (κ1) is 16.3. The van der Waals surface area contributed by atoms with Crippen LogP contribution in [0.1, 0.15) is 52.0 Å². The predicted molar refractivity (Wildman–Crippen MR) is 84.4 cm³/mol. The monoisotopic (exact) mass is 309 g/mol. The molecule has 1 aliphatic rings. The van der Waals surface area contributed by atoms with Crippen molar-refractivity contribution in [2.24, 2.45) is 16.7 Å². The topological polar surface area (TPSA) is 50.2 Å². The average Bonchev–Trinajstić information content (AvgIpc) is 2.41. The fraction of sp³-hybridized carbons (Fsp3) is 0.647. The Morgan fingerprint density at radius 1 is 1.38 bits per heavy atom. The lowest BCUT2D eigenvalue weighted by Crippen LogP contribution is -2.39. The zero-order valence-electron chi connectivity index (χ0n) is 13.0. The molecule has 1 heterocycles. The van der Waals surface area contributed by atoms with Gasteiger partial charge in [0.2, 0.25) is 0 Å². The van der Waals surface area contributed by atoms with Crippen LogP contribution >= 0.6 is 11.6 Å². The van der Waals surface area contributed by atoms with E-state index in [4.69, 9.17) is 11.6 Å². The molecule has 0 radical (unpaired) electrons. The first-order chi connectivity index (χ1) is 9.73. The Morgan fingerprint density at radius 2 is 2.00 bits per heavy atom. The molecule has 1 fully saturated rings. The van der Waals surface area contributed by atoms with Gasteiger partial charge in [-0.05, 0) is 55.1 Å². The van der Waals surface area contributed by atoms with Gasteiger partial charge in [-0.2, -0.15) is 0 Å². The van der Waals surface area contributed by atoms with Crippen molar-refractivity contribution in [3.63, 3.8) is 0 Å². The van der Waals surface area contributed by atoms with Crippen molar-refractivity contribution in [1.29, 1.82) is 0 Å². The summed E-state index contributed by atoms with van der Waals surface area (Å²) in [5.41, 5.74) is 0.569. The number of halogens is 1. The molecular weight excluding hydrogens is 286 g/mol. The minimum atomic E-state index is -0.676. The minimum absolute atomic E-state index is 0.256. The van der Waals surface area contributed by atoms with Crippen LogP contribution in [-0.2, 0) is 11.2 Å². The third-order valence-corrected chi connectivity index (χ3v) is 5.18. The molecule has 0 aromatic carbocycles. The molecular formula is C17H24ClNO2. The maximum atomic E-state index is 11.9. The molecule has 4 heteroatoms. The first-order valence-electron chi connectivity index (χ1n) is 7.57. The van der Waals surface area contributed by atoms with Gasteiger partial charge in [0, 0.05) is 6.20 Å². The fourth-order valence-electron chi connectivity index (χ4n) is 3.40. The van der Waals surface area contributed by atoms with Crippen molar-refractivity contribution in [1.82, 2.24) is 4.98 Å². The summed E-state index contributed by atoms with van der Waals surface area (Å²) in [6.07, 6.45) is 5.69. The van der Waals surface area contributed by atoms with Crippen LogP contribution in [0.4, 0.5) is 0 Å². The summed E-state index contributed by atoms with van der Waals surface area (Å²) >= 11 is 5.79. The number of hydrogen-bond acceptors (Lipinski definition) is 2. The Labute approximate surface area is 131 Å². The van der Waals surface area contributed by atoms with Crippen molar-refractivity contribution in [3.05, 3.63) is 29.0 Å². The molecule has 116 valence electrons. The number of nitrogens with zero attached hydrogens (tertiary/aromatic N) is 1. The molecule has 0 amide bonds. The van der Waals surface area contributed by atoms with Crippen molar-refractivity contribution >= 4 is 17.6 Å². The molecule has 0 aliphatic heterocycles. The highest BCUT2D eigenvalue weighted by atomic mass is 35.5. The third-order valence-electron chi connectivity index (χ3n) is 4.95. The second kappa shape index (κ2) is 5.96.